The second kappa shape index (κ2) is 6.89. The van der Waals surface area contributed by atoms with Crippen molar-refractivity contribution in [2.75, 3.05) is 25.1 Å². The zero-order valence-electron chi connectivity index (χ0n) is 12.7. The Labute approximate surface area is 119 Å². The molecule has 0 radical (unpaired) electrons. The molecule has 0 aliphatic carbocycles. The monoisotopic (exact) mass is 284 g/mol. The molecule has 108 valence electrons. The molecule has 1 rings (SSSR count). The van der Waals surface area contributed by atoms with Gasteiger partial charge in [0, 0.05) is 18.0 Å². The maximum absolute atomic E-state index is 11.6. The van der Waals surface area contributed by atoms with Crippen LogP contribution in [0.2, 0.25) is 0 Å². The van der Waals surface area contributed by atoms with E-state index >= 15 is 0 Å². The van der Waals surface area contributed by atoms with Crippen molar-refractivity contribution in [1.82, 2.24) is 4.98 Å². The van der Waals surface area contributed by atoms with Crippen LogP contribution in [0, 0.1) is 18.8 Å². The van der Waals surface area contributed by atoms with Gasteiger partial charge in [0.2, 0.25) is 0 Å². The average molecular weight is 284 g/mol. The summed E-state index contributed by atoms with van der Waals surface area (Å²) in [6.45, 7) is 12.6. The first-order valence-corrected chi connectivity index (χ1v) is 7.47. The molecule has 19 heavy (non-hydrogen) atoms. The summed E-state index contributed by atoms with van der Waals surface area (Å²) in [6, 6.07) is 0. The average Bonchev–Trinajstić information content (AvgIpc) is 2.68. The van der Waals surface area contributed by atoms with Gasteiger partial charge in [-0.15, -0.1) is 11.3 Å². The van der Waals surface area contributed by atoms with E-state index in [1.807, 2.05) is 6.92 Å². The quantitative estimate of drug-likeness (QED) is 0.751. The van der Waals surface area contributed by atoms with Gasteiger partial charge >= 0.3 is 5.97 Å². The molecule has 0 aliphatic heterocycles. The summed E-state index contributed by atoms with van der Waals surface area (Å²) >= 11 is 1.56. The molecule has 1 aromatic heterocycles. The molecule has 0 saturated carbocycles. The van der Waals surface area contributed by atoms with Crippen molar-refractivity contribution in [3.8, 4) is 0 Å². The van der Waals surface area contributed by atoms with E-state index in [2.05, 4.69) is 37.6 Å². The van der Waals surface area contributed by atoms with Crippen molar-refractivity contribution in [2.24, 2.45) is 11.8 Å². The first-order valence-electron chi connectivity index (χ1n) is 6.65. The number of nitrogens with zero attached hydrogens (tertiary/aromatic N) is 2. The molecule has 1 heterocycles. The van der Waals surface area contributed by atoms with Crippen LogP contribution in [-0.4, -0.2) is 31.2 Å². The van der Waals surface area contributed by atoms with Crippen LogP contribution < -0.4 is 4.90 Å². The normalized spacial score (nSPS) is 11.2. The van der Waals surface area contributed by atoms with E-state index in [9.17, 15) is 4.79 Å². The van der Waals surface area contributed by atoms with E-state index in [1.165, 1.54) is 7.11 Å². The zero-order chi connectivity index (χ0) is 14.6. The number of carbonyl (C=O) groups is 1. The SMILES string of the molecule is COC(=O)c1nc(N(CC(C)C)CC(C)C)sc1C. The largest absolute Gasteiger partial charge is 0.464 e. The number of aromatic nitrogens is 1. The lowest BCUT2D eigenvalue weighted by molar-refractivity contribution is 0.0594. The van der Waals surface area contributed by atoms with Crippen LogP contribution in [0.3, 0.4) is 0 Å². The van der Waals surface area contributed by atoms with Crippen molar-refractivity contribution in [3.05, 3.63) is 10.6 Å². The third-order valence-electron chi connectivity index (χ3n) is 2.61. The van der Waals surface area contributed by atoms with E-state index < -0.39 is 0 Å². The van der Waals surface area contributed by atoms with Crippen LogP contribution in [0.4, 0.5) is 5.13 Å². The summed E-state index contributed by atoms with van der Waals surface area (Å²) in [5, 5.41) is 0.917. The molecule has 0 unspecified atom stereocenters. The summed E-state index contributed by atoms with van der Waals surface area (Å²) < 4.78 is 4.76. The highest BCUT2D eigenvalue weighted by Gasteiger charge is 2.20. The highest BCUT2D eigenvalue weighted by atomic mass is 32.1. The predicted molar refractivity (Wildman–Crippen MR) is 80.1 cm³/mol. The Balaban J connectivity index is 2.99. The van der Waals surface area contributed by atoms with Crippen LogP contribution in [0.25, 0.3) is 0 Å². The Kier molecular flexibility index (Phi) is 5.79. The molecule has 0 saturated heterocycles. The van der Waals surface area contributed by atoms with E-state index in [-0.39, 0.29) is 5.97 Å². The van der Waals surface area contributed by atoms with Crippen molar-refractivity contribution < 1.29 is 9.53 Å². The number of esters is 1. The van der Waals surface area contributed by atoms with Crippen LogP contribution in [0.5, 0.6) is 0 Å². The number of carbonyl (C=O) groups excluding carboxylic acids is 1. The number of aryl methyl sites for hydroxylation is 1. The number of ether oxygens (including phenoxy) is 1. The van der Waals surface area contributed by atoms with Gasteiger partial charge in [0.15, 0.2) is 10.8 Å². The van der Waals surface area contributed by atoms with Gasteiger partial charge in [-0.2, -0.15) is 0 Å². The molecule has 0 atom stereocenters. The molecule has 0 amide bonds. The van der Waals surface area contributed by atoms with Crippen molar-refractivity contribution in [1.29, 1.82) is 0 Å². The molecule has 0 fully saturated rings. The second-order valence-corrected chi connectivity index (χ2v) is 6.77. The Bertz CT molecular complexity index is 417. The Morgan fingerprint density at radius 1 is 1.26 bits per heavy atom. The minimum absolute atomic E-state index is 0.353. The zero-order valence-corrected chi connectivity index (χ0v) is 13.5. The number of hydrogen-bond donors (Lipinski definition) is 0. The van der Waals surface area contributed by atoms with Gasteiger partial charge in [-0.3, -0.25) is 0 Å². The second-order valence-electron chi connectivity index (χ2n) is 5.59. The van der Waals surface area contributed by atoms with Crippen molar-refractivity contribution >= 4 is 22.4 Å². The van der Waals surface area contributed by atoms with Gasteiger partial charge in [-0.1, -0.05) is 27.7 Å². The molecule has 4 nitrogen and oxygen atoms in total. The van der Waals surface area contributed by atoms with Gasteiger partial charge < -0.3 is 9.64 Å². The Morgan fingerprint density at radius 3 is 2.21 bits per heavy atom. The first kappa shape index (κ1) is 16.0. The van der Waals surface area contributed by atoms with Crippen LogP contribution in [-0.2, 0) is 4.74 Å². The summed E-state index contributed by atoms with van der Waals surface area (Å²) in [7, 11) is 1.39. The van der Waals surface area contributed by atoms with Crippen LogP contribution >= 0.6 is 11.3 Å². The third kappa shape index (κ3) is 4.49. The molecule has 0 aromatic carbocycles. The summed E-state index contributed by atoms with van der Waals surface area (Å²) in [5.41, 5.74) is 0.444. The fourth-order valence-corrected chi connectivity index (χ4v) is 2.83. The van der Waals surface area contributed by atoms with Crippen molar-refractivity contribution in [2.45, 2.75) is 34.6 Å². The fourth-order valence-electron chi connectivity index (χ4n) is 1.92. The topological polar surface area (TPSA) is 42.4 Å². The molecule has 0 N–H and O–H groups in total. The Hall–Kier alpha value is -1.10. The van der Waals surface area contributed by atoms with Gasteiger partial charge in [0.25, 0.3) is 0 Å². The van der Waals surface area contributed by atoms with Crippen molar-refractivity contribution in [3.63, 3.8) is 0 Å². The van der Waals surface area contributed by atoms with Crippen LogP contribution in [0.1, 0.15) is 43.1 Å². The molecule has 1 aromatic rings. The summed E-state index contributed by atoms with van der Waals surface area (Å²) in [6.07, 6.45) is 0. The lowest BCUT2D eigenvalue weighted by atomic mass is 10.1. The lowest BCUT2D eigenvalue weighted by Gasteiger charge is -2.25. The maximum atomic E-state index is 11.6. The smallest absolute Gasteiger partial charge is 0.357 e. The molecular weight excluding hydrogens is 260 g/mol. The number of hydrogen-bond acceptors (Lipinski definition) is 5. The van der Waals surface area contributed by atoms with Crippen LogP contribution in [0.15, 0.2) is 0 Å². The highest BCUT2D eigenvalue weighted by molar-refractivity contribution is 7.15. The number of methoxy groups -OCH3 is 1. The standard InChI is InChI=1S/C14H24N2O2S/c1-9(2)7-16(8-10(3)4)14-15-12(11(5)19-14)13(17)18-6/h9-10H,7-8H2,1-6H3. The maximum Gasteiger partial charge on any atom is 0.357 e. The molecular formula is C14H24N2O2S. The minimum Gasteiger partial charge on any atom is -0.464 e. The molecule has 0 bridgehead atoms. The summed E-state index contributed by atoms with van der Waals surface area (Å²) in [4.78, 5) is 19.3. The first-order chi connectivity index (χ1) is 8.85. The van der Waals surface area contributed by atoms with E-state index in [0.717, 1.165) is 23.1 Å². The van der Waals surface area contributed by atoms with E-state index in [0.29, 0.717) is 17.5 Å². The minimum atomic E-state index is -0.353. The predicted octanol–water partition coefficient (Wildman–Crippen LogP) is 3.36. The molecule has 0 spiro atoms. The highest BCUT2D eigenvalue weighted by Crippen LogP contribution is 2.27. The van der Waals surface area contributed by atoms with Gasteiger partial charge in [0.05, 0.1) is 7.11 Å². The lowest BCUT2D eigenvalue weighted by Crippen LogP contribution is -2.31. The third-order valence-corrected chi connectivity index (χ3v) is 3.64. The van der Waals surface area contributed by atoms with Gasteiger partial charge in [0.1, 0.15) is 0 Å². The Morgan fingerprint density at radius 2 is 1.79 bits per heavy atom. The van der Waals surface area contributed by atoms with E-state index in [4.69, 9.17) is 4.74 Å². The summed E-state index contributed by atoms with van der Waals surface area (Å²) in [5.74, 6) is 0.767. The molecule has 0 aliphatic rings. The number of rotatable bonds is 6. The van der Waals surface area contributed by atoms with E-state index in [1.54, 1.807) is 11.3 Å². The number of thiazole rings is 1. The van der Waals surface area contributed by atoms with Gasteiger partial charge in [-0.25, -0.2) is 9.78 Å². The molecule has 5 heteroatoms. The fraction of sp³-hybridized carbons (Fsp3) is 0.714. The van der Waals surface area contributed by atoms with Gasteiger partial charge in [-0.05, 0) is 18.8 Å². The number of anilines is 1.